The topological polar surface area (TPSA) is 76.3 Å². The number of alkyl halides is 2. The SMILES string of the molecule is Cc1noc(-c2c(N3CCC(NC4CCOCC4)CC3)nc3c(F)cc(C(C)(F)F)cc3c2C)n1. The Morgan fingerprint density at radius 3 is 2.34 bits per heavy atom. The largest absolute Gasteiger partial charge is 0.381 e. The van der Waals surface area contributed by atoms with Crippen molar-refractivity contribution in [3.63, 3.8) is 0 Å². The minimum atomic E-state index is -3.18. The van der Waals surface area contributed by atoms with Gasteiger partial charge in [0.25, 0.3) is 11.8 Å². The number of fused-ring (bicyclic) bond motifs is 1. The highest BCUT2D eigenvalue weighted by Crippen LogP contribution is 2.39. The van der Waals surface area contributed by atoms with Crippen LogP contribution in [0.1, 0.15) is 49.6 Å². The Labute approximate surface area is 202 Å². The Morgan fingerprint density at radius 1 is 1.03 bits per heavy atom. The van der Waals surface area contributed by atoms with Crippen LogP contribution in [0, 0.1) is 19.7 Å². The van der Waals surface area contributed by atoms with Crippen molar-refractivity contribution in [2.75, 3.05) is 31.2 Å². The molecule has 1 N–H and O–H groups in total. The summed E-state index contributed by atoms with van der Waals surface area (Å²) in [4.78, 5) is 11.1. The lowest BCUT2D eigenvalue weighted by molar-refractivity contribution is 0.0173. The molecule has 0 spiro atoms. The van der Waals surface area contributed by atoms with Gasteiger partial charge < -0.3 is 19.5 Å². The molecule has 0 aliphatic carbocycles. The minimum Gasteiger partial charge on any atom is -0.381 e. The molecule has 188 valence electrons. The van der Waals surface area contributed by atoms with E-state index in [4.69, 9.17) is 9.26 Å². The van der Waals surface area contributed by atoms with Crippen LogP contribution >= 0.6 is 0 Å². The van der Waals surface area contributed by atoms with Gasteiger partial charge in [-0.25, -0.2) is 18.2 Å². The monoisotopic (exact) mass is 489 g/mol. The number of ether oxygens (including phenoxy) is 1. The summed E-state index contributed by atoms with van der Waals surface area (Å²) in [6, 6.07) is 3.04. The molecule has 10 heteroatoms. The molecule has 0 amide bonds. The second-order valence-electron chi connectivity index (χ2n) is 9.64. The summed E-state index contributed by atoms with van der Waals surface area (Å²) in [7, 11) is 0. The number of benzene rings is 1. The molecule has 4 heterocycles. The Bertz CT molecular complexity index is 1210. The number of piperidine rings is 1. The van der Waals surface area contributed by atoms with Crippen LogP contribution in [-0.2, 0) is 10.7 Å². The summed E-state index contributed by atoms with van der Waals surface area (Å²) in [5.41, 5.74) is 0.812. The number of halogens is 3. The Hall–Kier alpha value is -2.72. The molecule has 5 rings (SSSR count). The number of rotatable bonds is 5. The van der Waals surface area contributed by atoms with Crippen LogP contribution in [0.2, 0.25) is 0 Å². The van der Waals surface area contributed by atoms with E-state index in [2.05, 4.69) is 25.3 Å². The van der Waals surface area contributed by atoms with E-state index in [-0.39, 0.29) is 11.4 Å². The molecule has 2 aliphatic rings. The van der Waals surface area contributed by atoms with Crippen LogP contribution in [0.25, 0.3) is 22.4 Å². The molecule has 35 heavy (non-hydrogen) atoms. The number of anilines is 1. The average molecular weight is 490 g/mol. The first-order valence-electron chi connectivity index (χ1n) is 12.1. The lowest BCUT2D eigenvalue weighted by Crippen LogP contribution is -2.48. The van der Waals surface area contributed by atoms with Gasteiger partial charge >= 0.3 is 0 Å². The first-order chi connectivity index (χ1) is 16.7. The number of nitrogens with zero attached hydrogens (tertiary/aromatic N) is 4. The highest BCUT2D eigenvalue weighted by atomic mass is 19.3. The van der Waals surface area contributed by atoms with Gasteiger partial charge in [0.2, 0.25) is 0 Å². The van der Waals surface area contributed by atoms with Crippen molar-refractivity contribution in [1.82, 2.24) is 20.4 Å². The van der Waals surface area contributed by atoms with E-state index >= 15 is 4.39 Å². The highest BCUT2D eigenvalue weighted by Gasteiger charge is 2.31. The molecule has 2 aliphatic heterocycles. The Balaban J connectivity index is 1.51. The minimum absolute atomic E-state index is 0.0629. The van der Waals surface area contributed by atoms with Crippen LogP contribution in [-0.4, -0.2) is 53.5 Å². The summed E-state index contributed by atoms with van der Waals surface area (Å²) in [5, 5.41) is 7.97. The van der Waals surface area contributed by atoms with Crippen molar-refractivity contribution in [3.05, 3.63) is 34.9 Å². The van der Waals surface area contributed by atoms with E-state index in [0.717, 1.165) is 51.9 Å². The predicted octanol–water partition coefficient (Wildman–Crippen LogP) is 4.89. The second-order valence-corrected chi connectivity index (χ2v) is 9.64. The molecule has 1 aromatic carbocycles. The van der Waals surface area contributed by atoms with Gasteiger partial charge in [-0.1, -0.05) is 5.16 Å². The molecule has 0 saturated carbocycles. The van der Waals surface area contributed by atoms with Gasteiger partial charge in [0.05, 0.1) is 5.56 Å². The standard InChI is InChI=1S/C25H30F3N5O2/c1-14-19-12-16(25(3,27)28)13-20(26)22(19)31-23(21(14)24-29-15(2)32-35-24)33-8-4-17(5-9-33)30-18-6-10-34-11-7-18/h12-13,17-18,30H,4-11H2,1-3H3. The van der Waals surface area contributed by atoms with E-state index in [9.17, 15) is 8.78 Å². The van der Waals surface area contributed by atoms with Crippen molar-refractivity contribution in [2.45, 2.75) is 64.5 Å². The van der Waals surface area contributed by atoms with E-state index < -0.39 is 17.3 Å². The maximum absolute atomic E-state index is 15.1. The number of nitrogens with one attached hydrogen (secondary N) is 1. The van der Waals surface area contributed by atoms with E-state index in [1.54, 1.807) is 13.8 Å². The van der Waals surface area contributed by atoms with Gasteiger partial charge in [0.1, 0.15) is 17.2 Å². The summed E-state index contributed by atoms with van der Waals surface area (Å²) >= 11 is 0. The third-order valence-electron chi connectivity index (χ3n) is 7.02. The van der Waals surface area contributed by atoms with Crippen LogP contribution < -0.4 is 10.2 Å². The molecule has 0 bridgehead atoms. The summed E-state index contributed by atoms with van der Waals surface area (Å²) in [5.74, 6) is -2.71. The number of pyridine rings is 1. The number of hydrogen-bond acceptors (Lipinski definition) is 7. The molecule has 2 fully saturated rings. The van der Waals surface area contributed by atoms with Gasteiger partial charge in [-0.3, -0.25) is 0 Å². The fourth-order valence-corrected chi connectivity index (χ4v) is 5.06. The third-order valence-corrected chi connectivity index (χ3v) is 7.02. The number of aromatic nitrogens is 3. The van der Waals surface area contributed by atoms with Crippen LogP contribution in [0.15, 0.2) is 16.7 Å². The summed E-state index contributed by atoms with van der Waals surface area (Å²) < 4.78 is 54.1. The first kappa shape index (κ1) is 24.0. The molecular weight excluding hydrogens is 459 g/mol. The van der Waals surface area contributed by atoms with Gasteiger partial charge in [0.15, 0.2) is 5.82 Å². The van der Waals surface area contributed by atoms with Crippen LogP contribution in [0.4, 0.5) is 19.0 Å². The Kier molecular flexibility index (Phi) is 6.43. The normalized spacial score (nSPS) is 18.5. The first-order valence-corrected chi connectivity index (χ1v) is 12.1. The van der Waals surface area contributed by atoms with Gasteiger partial charge in [-0.2, -0.15) is 4.98 Å². The second kappa shape index (κ2) is 9.39. The molecule has 7 nitrogen and oxygen atoms in total. The fraction of sp³-hybridized carbons (Fsp3) is 0.560. The molecule has 2 aromatic heterocycles. The molecule has 0 atom stereocenters. The van der Waals surface area contributed by atoms with Crippen molar-refractivity contribution in [1.29, 1.82) is 0 Å². The van der Waals surface area contributed by atoms with Gasteiger partial charge in [0, 0.05) is 56.3 Å². The smallest absolute Gasteiger partial charge is 0.270 e. The maximum Gasteiger partial charge on any atom is 0.270 e. The fourth-order valence-electron chi connectivity index (χ4n) is 5.06. The lowest BCUT2D eigenvalue weighted by atomic mass is 9.97. The number of aryl methyl sites for hydroxylation is 2. The van der Waals surface area contributed by atoms with E-state index in [0.29, 0.717) is 53.3 Å². The van der Waals surface area contributed by atoms with Gasteiger partial charge in [-0.05, 0) is 57.2 Å². The molecular formula is C25H30F3N5O2. The summed E-state index contributed by atoms with van der Waals surface area (Å²) in [6.07, 6.45) is 3.85. The number of hydrogen-bond donors (Lipinski definition) is 1. The quantitative estimate of drug-likeness (QED) is 0.547. The van der Waals surface area contributed by atoms with Crippen molar-refractivity contribution in [2.24, 2.45) is 0 Å². The van der Waals surface area contributed by atoms with Crippen LogP contribution in [0.3, 0.4) is 0 Å². The molecule has 0 radical (unpaired) electrons. The van der Waals surface area contributed by atoms with Gasteiger partial charge in [-0.15, -0.1) is 0 Å². The lowest BCUT2D eigenvalue weighted by Gasteiger charge is -2.37. The highest BCUT2D eigenvalue weighted by molar-refractivity contribution is 5.93. The molecule has 2 saturated heterocycles. The third kappa shape index (κ3) is 4.86. The van der Waals surface area contributed by atoms with Crippen LogP contribution in [0.5, 0.6) is 0 Å². The summed E-state index contributed by atoms with van der Waals surface area (Å²) in [6.45, 7) is 7.24. The van der Waals surface area contributed by atoms with Crippen molar-refractivity contribution in [3.8, 4) is 11.5 Å². The zero-order chi connectivity index (χ0) is 24.7. The zero-order valence-corrected chi connectivity index (χ0v) is 20.2. The molecule has 3 aromatic rings. The molecule has 0 unspecified atom stereocenters. The average Bonchev–Trinajstić information content (AvgIpc) is 3.25. The predicted molar refractivity (Wildman–Crippen MR) is 126 cm³/mol. The maximum atomic E-state index is 15.1. The van der Waals surface area contributed by atoms with Crippen molar-refractivity contribution >= 4 is 16.7 Å². The Morgan fingerprint density at radius 2 is 1.71 bits per heavy atom. The zero-order valence-electron chi connectivity index (χ0n) is 20.2. The van der Waals surface area contributed by atoms with E-state index in [1.165, 1.54) is 6.07 Å². The van der Waals surface area contributed by atoms with E-state index in [1.807, 2.05) is 0 Å². The van der Waals surface area contributed by atoms with Crippen molar-refractivity contribution < 1.29 is 22.4 Å².